The van der Waals surface area contributed by atoms with Gasteiger partial charge in [-0.25, -0.2) is 4.79 Å². The summed E-state index contributed by atoms with van der Waals surface area (Å²) in [4.78, 5) is 13.3. The molecule has 2 aromatic carbocycles. The van der Waals surface area contributed by atoms with E-state index in [2.05, 4.69) is 4.90 Å². The summed E-state index contributed by atoms with van der Waals surface area (Å²) in [5, 5.41) is 9.20. The van der Waals surface area contributed by atoms with Crippen LogP contribution in [0.15, 0.2) is 48.5 Å². The fraction of sp³-hybridized carbons (Fsp3) is 0.350. The van der Waals surface area contributed by atoms with Crippen molar-refractivity contribution in [2.24, 2.45) is 0 Å². The molecule has 0 aliphatic heterocycles. The van der Waals surface area contributed by atoms with E-state index in [9.17, 15) is 9.90 Å². The summed E-state index contributed by atoms with van der Waals surface area (Å²) in [7, 11) is 4.01. The number of carboxylic acid groups (broad SMARTS) is 1. The number of rotatable bonds is 8. The van der Waals surface area contributed by atoms with Crippen LogP contribution >= 0.6 is 0 Å². The summed E-state index contributed by atoms with van der Waals surface area (Å²) >= 11 is 0. The van der Waals surface area contributed by atoms with E-state index in [0.717, 1.165) is 23.4 Å². The van der Waals surface area contributed by atoms with E-state index >= 15 is 0 Å². The summed E-state index contributed by atoms with van der Waals surface area (Å²) in [5.74, 6) is 0.314. The van der Waals surface area contributed by atoms with E-state index in [1.807, 2.05) is 56.6 Å². The number of hydrogen-bond donors (Lipinski definition) is 1. The molecule has 5 heteroatoms. The first-order chi connectivity index (χ1) is 11.8. The van der Waals surface area contributed by atoms with Crippen LogP contribution in [0.4, 0.5) is 0 Å². The maximum absolute atomic E-state index is 11.2. The molecule has 0 spiro atoms. The molecule has 25 heavy (non-hydrogen) atoms. The Balaban J connectivity index is 2.16. The summed E-state index contributed by atoms with van der Waals surface area (Å²) in [6.07, 6.45) is 0. The molecular formula is C20H25NO4. The van der Waals surface area contributed by atoms with Crippen LogP contribution in [0.2, 0.25) is 0 Å². The average molecular weight is 343 g/mol. The molecule has 134 valence electrons. The maximum atomic E-state index is 11.2. The number of hydrogen-bond acceptors (Lipinski definition) is 4. The molecule has 0 aromatic heterocycles. The highest BCUT2D eigenvalue weighted by molar-refractivity contribution is 5.77. The number of benzene rings is 2. The fourth-order valence-corrected chi connectivity index (χ4v) is 2.19. The van der Waals surface area contributed by atoms with Gasteiger partial charge >= 0.3 is 5.97 Å². The molecule has 0 heterocycles. The van der Waals surface area contributed by atoms with E-state index in [1.165, 1.54) is 13.8 Å². The van der Waals surface area contributed by atoms with Crippen molar-refractivity contribution in [1.82, 2.24) is 4.90 Å². The number of carbonyl (C=O) groups is 1. The second-order valence-corrected chi connectivity index (χ2v) is 6.62. The summed E-state index contributed by atoms with van der Waals surface area (Å²) in [5.41, 5.74) is 0.646. The van der Waals surface area contributed by atoms with Gasteiger partial charge in [0.15, 0.2) is 5.60 Å². The summed E-state index contributed by atoms with van der Waals surface area (Å²) in [6, 6.07) is 15.2. The van der Waals surface area contributed by atoms with Gasteiger partial charge in [0.2, 0.25) is 0 Å². The lowest BCUT2D eigenvalue weighted by atomic mass is 10.0. The molecule has 0 saturated carbocycles. The van der Waals surface area contributed by atoms with Crippen LogP contribution in [0.3, 0.4) is 0 Å². The molecule has 1 N–H and O–H groups in total. The van der Waals surface area contributed by atoms with Gasteiger partial charge in [0.1, 0.15) is 18.1 Å². The average Bonchev–Trinajstić information content (AvgIpc) is 2.54. The lowest BCUT2D eigenvalue weighted by Crippen LogP contribution is -2.37. The molecule has 0 unspecified atom stereocenters. The number of carboxylic acids is 1. The predicted octanol–water partition coefficient (Wildman–Crippen LogP) is 3.54. The van der Waals surface area contributed by atoms with Gasteiger partial charge in [0.25, 0.3) is 0 Å². The van der Waals surface area contributed by atoms with Gasteiger partial charge in [-0.15, -0.1) is 0 Å². The zero-order chi connectivity index (χ0) is 18.4. The Bertz CT molecular complexity index is 725. The molecule has 0 aliphatic rings. The lowest BCUT2D eigenvalue weighted by Gasteiger charge is -2.21. The molecule has 0 amide bonds. The molecule has 5 nitrogen and oxygen atoms in total. The molecule has 0 fully saturated rings. The van der Waals surface area contributed by atoms with Crippen LogP contribution < -0.4 is 9.47 Å². The van der Waals surface area contributed by atoms with Crippen molar-refractivity contribution in [1.29, 1.82) is 0 Å². The zero-order valence-corrected chi connectivity index (χ0v) is 15.2. The third-order valence-corrected chi connectivity index (χ3v) is 3.70. The molecule has 0 saturated heterocycles. The Hall–Kier alpha value is -2.53. The first-order valence-corrected chi connectivity index (χ1v) is 8.18. The fourth-order valence-electron chi connectivity index (χ4n) is 2.19. The molecule has 2 aromatic rings. The number of nitrogens with zero attached hydrogens (tertiary/aromatic N) is 1. The third-order valence-electron chi connectivity index (χ3n) is 3.70. The van der Waals surface area contributed by atoms with Crippen molar-refractivity contribution >= 4 is 5.97 Å². The van der Waals surface area contributed by atoms with Gasteiger partial charge in [-0.1, -0.05) is 24.3 Å². The standard InChI is InChI=1S/C20H25NO4/c1-20(2,19(22)23)25-18-10-6-8-16(14-18)15-7-5-9-17(13-15)24-12-11-21(3)4/h5-10,13-14H,11-12H2,1-4H3,(H,22,23). The molecule has 2 rings (SSSR count). The number of ether oxygens (including phenoxy) is 2. The second-order valence-electron chi connectivity index (χ2n) is 6.62. The molecule has 0 atom stereocenters. The highest BCUT2D eigenvalue weighted by Crippen LogP contribution is 2.28. The van der Waals surface area contributed by atoms with E-state index in [0.29, 0.717) is 12.4 Å². The van der Waals surface area contributed by atoms with E-state index in [4.69, 9.17) is 9.47 Å². The van der Waals surface area contributed by atoms with Gasteiger partial charge in [-0.3, -0.25) is 0 Å². The first-order valence-electron chi connectivity index (χ1n) is 8.18. The van der Waals surface area contributed by atoms with Crippen LogP contribution in [-0.4, -0.2) is 48.8 Å². The Morgan fingerprint density at radius 3 is 2.16 bits per heavy atom. The van der Waals surface area contributed by atoms with Crippen molar-refractivity contribution < 1.29 is 19.4 Å². The monoisotopic (exact) mass is 343 g/mol. The Kier molecular flexibility index (Phi) is 6.04. The van der Waals surface area contributed by atoms with Crippen LogP contribution in [0.25, 0.3) is 11.1 Å². The van der Waals surface area contributed by atoms with E-state index in [1.54, 1.807) is 6.07 Å². The van der Waals surface area contributed by atoms with Crippen molar-refractivity contribution in [3.8, 4) is 22.6 Å². The normalized spacial score (nSPS) is 11.4. The summed E-state index contributed by atoms with van der Waals surface area (Å²) < 4.78 is 11.4. The minimum Gasteiger partial charge on any atom is -0.492 e. The van der Waals surface area contributed by atoms with E-state index in [-0.39, 0.29) is 0 Å². The van der Waals surface area contributed by atoms with Gasteiger partial charge in [0, 0.05) is 6.54 Å². The van der Waals surface area contributed by atoms with Crippen molar-refractivity contribution in [2.45, 2.75) is 19.4 Å². The van der Waals surface area contributed by atoms with E-state index < -0.39 is 11.6 Å². The second kappa shape index (κ2) is 8.03. The molecule has 0 radical (unpaired) electrons. The topological polar surface area (TPSA) is 59.0 Å². The Morgan fingerprint density at radius 2 is 1.60 bits per heavy atom. The minimum atomic E-state index is -1.28. The van der Waals surface area contributed by atoms with Crippen LogP contribution in [0.1, 0.15) is 13.8 Å². The van der Waals surface area contributed by atoms with Crippen molar-refractivity contribution in [3.63, 3.8) is 0 Å². The lowest BCUT2D eigenvalue weighted by molar-refractivity contribution is -0.152. The molecule has 0 bridgehead atoms. The quantitative estimate of drug-likeness (QED) is 0.794. The van der Waals surface area contributed by atoms with Gasteiger partial charge in [-0.05, 0) is 63.3 Å². The Morgan fingerprint density at radius 1 is 1.04 bits per heavy atom. The van der Waals surface area contributed by atoms with Crippen molar-refractivity contribution in [2.75, 3.05) is 27.2 Å². The van der Waals surface area contributed by atoms with Crippen LogP contribution in [0.5, 0.6) is 11.5 Å². The minimum absolute atomic E-state index is 0.517. The van der Waals surface area contributed by atoms with Gasteiger partial charge in [0.05, 0.1) is 0 Å². The number of likely N-dealkylation sites (N-methyl/N-ethyl adjacent to an activating group) is 1. The summed E-state index contributed by atoms with van der Waals surface area (Å²) in [6.45, 7) is 4.52. The highest BCUT2D eigenvalue weighted by atomic mass is 16.5. The predicted molar refractivity (Wildman–Crippen MR) is 98.3 cm³/mol. The van der Waals surface area contributed by atoms with Crippen LogP contribution in [-0.2, 0) is 4.79 Å². The maximum Gasteiger partial charge on any atom is 0.347 e. The van der Waals surface area contributed by atoms with Gasteiger partial charge in [-0.2, -0.15) is 0 Å². The zero-order valence-electron chi connectivity index (χ0n) is 15.2. The number of aliphatic carboxylic acids is 1. The van der Waals surface area contributed by atoms with Crippen molar-refractivity contribution in [3.05, 3.63) is 48.5 Å². The Labute approximate surface area is 148 Å². The molecular weight excluding hydrogens is 318 g/mol. The molecule has 0 aliphatic carbocycles. The first kappa shape index (κ1) is 18.8. The third kappa shape index (κ3) is 5.50. The largest absolute Gasteiger partial charge is 0.492 e. The van der Waals surface area contributed by atoms with Gasteiger partial charge < -0.3 is 19.5 Å². The smallest absolute Gasteiger partial charge is 0.347 e. The van der Waals surface area contributed by atoms with Crippen LogP contribution in [0, 0.1) is 0 Å². The highest BCUT2D eigenvalue weighted by Gasteiger charge is 2.29. The SMILES string of the molecule is CN(C)CCOc1cccc(-c2cccc(OC(C)(C)C(=O)O)c2)c1.